The number of thiol groups is 1. The molecule has 0 amide bonds. The lowest BCUT2D eigenvalue weighted by atomic mass is 10.2. The molecule has 1 aromatic carbocycles. The molecule has 0 fully saturated rings. The lowest BCUT2D eigenvalue weighted by molar-refractivity contribution is 0.143. The molecule has 1 heterocycles. The van der Waals surface area contributed by atoms with Crippen molar-refractivity contribution >= 4 is 18.5 Å². The van der Waals surface area contributed by atoms with E-state index in [0.29, 0.717) is 0 Å². The van der Waals surface area contributed by atoms with Gasteiger partial charge in [-0.1, -0.05) is 34.9 Å². The van der Waals surface area contributed by atoms with Crippen molar-refractivity contribution in [2.75, 3.05) is 0 Å². The van der Waals surface area contributed by atoms with Gasteiger partial charge < -0.3 is 0 Å². The van der Waals surface area contributed by atoms with E-state index in [1.807, 2.05) is 30.3 Å². The summed E-state index contributed by atoms with van der Waals surface area (Å²) in [6.07, 6.45) is 1.79. The van der Waals surface area contributed by atoms with Crippen LogP contribution in [0.15, 0.2) is 36.5 Å². The molecule has 13 heavy (non-hydrogen) atoms. The van der Waals surface area contributed by atoms with Crippen molar-refractivity contribution in [1.29, 1.82) is 0 Å². The van der Waals surface area contributed by atoms with Crippen LogP contribution in [0.3, 0.4) is 0 Å². The van der Waals surface area contributed by atoms with Crippen molar-refractivity contribution in [2.24, 2.45) is 5.84 Å². The van der Waals surface area contributed by atoms with Gasteiger partial charge in [0.1, 0.15) is 0 Å². The number of benzene rings is 1. The van der Waals surface area contributed by atoms with Crippen LogP contribution in [0, 0.1) is 0 Å². The molecule has 0 atom stereocenters. The first-order chi connectivity index (χ1) is 6.29. The molecule has 2 rings (SSSR count). The minimum Gasteiger partial charge on any atom is -0.295 e. The quantitative estimate of drug-likeness (QED) is 0.456. The Morgan fingerprint density at radius 3 is 2.46 bits per heavy atom. The fourth-order valence-electron chi connectivity index (χ4n) is 1.17. The number of nitrogens with zero attached hydrogens (tertiary/aromatic N) is 2. The van der Waals surface area contributed by atoms with Crippen LogP contribution >= 0.6 is 12.8 Å². The summed E-state index contributed by atoms with van der Waals surface area (Å²) in [6.45, 7) is 0. The number of hydrogen-bond donors (Lipinski definition) is 3. The Balaban J connectivity index is 2.29. The number of hydrogen-bond acceptors (Lipinski definition) is 5. The van der Waals surface area contributed by atoms with Crippen LogP contribution in [0.5, 0.6) is 0 Å². The maximum Gasteiger partial charge on any atom is 0.0974 e. The highest BCUT2D eigenvalue weighted by atomic mass is 32.1. The van der Waals surface area contributed by atoms with Gasteiger partial charge in [0.25, 0.3) is 0 Å². The zero-order valence-electron chi connectivity index (χ0n) is 6.88. The Morgan fingerprint density at radius 2 is 1.92 bits per heavy atom. The van der Waals surface area contributed by atoms with Gasteiger partial charge in [-0.3, -0.25) is 5.43 Å². The van der Waals surface area contributed by atoms with E-state index in [4.69, 9.17) is 5.84 Å². The standard InChI is InChI=1S/C8H10N4S/c9-11-8(6-10-12(11)13)7-4-2-1-3-5-7/h1-6,10,13H,9H2. The van der Waals surface area contributed by atoms with Gasteiger partial charge >= 0.3 is 0 Å². The van der Waals surface area contributed by atoms with E-state index in [9.17, 15) is 0 Å². The molecule has 5 heteroatoms. The Kier molecular flexibility index (Phi) is 2.13. The van der Waals surface area contributed by atoms with Crippen molar-refractivity contribution in [3.63, 3.8) is 0 Å². The summed E-state index contributed by atoms with van der Waals surface area (Å²) in [6, 6.07) is 9.86. The second kappa shape index (κ2) is 3.29. The first-order valence-electron chi connectivity index (χ1n) is 3.84. The normalized spacial score (nSPS) is 17.1. The van der Waals surface area contributed by atoms with Crippen molar-refractivity contribution in [2.45, 2.75) is 0 Å². The monoisotopic (exact) mass is 194 g/mol. The molecule has 0 saturated heterocycles. The zero-order chi connectivity index (χ0) is 9.26. The lowest BCUT2D eigenvalue weighted by Gasteiger charge is -2.20. The van der Waals surface area contributed by atoms with Gasteiger partial charge in [-0.2, -0.15) is 0 Å². The summed E-state index contributed by atoms with van der Waals surface area (Å²) in [7, 11) is 0. The second-order valence-corrected chi connectivity index (χ2v) is 3.04. The van der Waals surface area contributed by atoms with Crippen LogP contribution in [-0.2, 0) is 0 Å². The number of rotatable bonds is 1. The minimum absolute atomic E-state index is 0.885. The molecule has 1 aliphatic rings. The van der Waals surface area contributed by atoms with E-state index in [0.717, 1.165) is 11.3 Å². The number of nitrogens with two attached hydrogens (primary N) is 1. The summed E-state index contributed by atoms with van der Waals surface area (Å²) in [5.41, 5.74) is 4.79. The lowest BCUT2D eigenvalue weighted by Crippen LogP contribution is -2.40. The van der Waals surface area contributed by atoms with Crippen molar-refractivity contribution in [3.8, 4) is 0 Å². The molecule has 0 aliphatic carbocycles. The molecule has 1 aliphatic heterocycles. The van der Waals surface area contributed by atoms with Gasteiger partial charge in [-0.25, -0.2) is 11.0 Å². The molecule has 68 valence electrons. The SMILES string of the molecule is NN1C(c2ccccc2)=CNN1S. The van der Waals surface area contributed by atoms with Crippen LogP contribution in [0.2, 0.25) is 0 Å². The van der Waals surface area contributed by atoms with Gasteiger partial charge in [-0.05, 0) is 12.8 Å². The Morgan fingerprint density at radius 1 is 1.23 bits per heavy atom. The van der Waals surface area contributed by atoms with Gasteiger partial charge in [-0.15, -0.1) is 0 Å². The summed E-state index contributed by atoms with van der Waals surface area (Å²) in [5, 5.41) is 1.43. The first-order valence-corrected chi connectivity index (χ1v) is 4.24. The smallest absolute Gasteiger partial charge is 0.0974 e. The molecule has 0 unspecified atom stereocenters. The fourth-order valence-corrected chi connectivity index (χ4v) is 1.33. The number of nitrogens with one attached hydrogen (secondary N) is 1. The third kappa shape index (κ3) is 1.49. The average Bonchev–Trinajstić information content (AvgIpc) is 2.49. The maximum atomic E-state index is 5.71. The highest BCUT2D eigenvalue weighted by Crippen LogP contribution is 2.20. The van der Waals surface area contributed by atoms with Gasteiger partial charge in [0.05, 0.1) is 5.70 Å². The topological polar surface area (TPSA) is 44.5 Å². The van der Waals surface area contributed by atoms with E-state index in [1.165, 1.54) is 9.64 Å². The van der Waals surface area contributed by atoms with Crippen LogP contribution < -0.4 is 11.3 Å². The van der Waals surface area contributed by atoms with Crippen LogP contribution in [0.4, 0.5) is 0 Å². The molecule has 1 aromatic rings. The third-order valence-electron chi connectivity index (χ3n) is 1.84. The summed E-state index contributed by atoms with van der Waals surface area (Å²) >= 11 is 4.07. The molecular formula is C8H10N4S. The highest BCUT2D eigenvalue weighted by molar-refractivity contribution is 7.77. The highest BCUT2D eigenvalue weighted by Gasteiger charge is 2.18. The summed E-state index contributed by atoms with van der Waals surface area (Å²) in [4.78, 5) is 0. The van der Waals surface area contributed by atoms with E-state index in [2.05, 4.69) is 18.2 Å². The molecular weight excluding hydrogens is 184 g/mol. The predicted molar refractivity (Wildman–Crippen MR) is 54.4 cm³/mol. The average molecular weight is 194 g/mol. The number of hydrazine groups is 3. The van der Waals surface area contributed by atoms with Crippen molar-refractivity contribution in [3.05, 3.63) is 42.1 Å². The second-order valence-electron chi connectivity index (χ2n) is 2.66. The fraction of sp³-hybridized carbons (Fsp3) is 0. The molecule has 0 saturated carbocycles. The van der Waals surface area contributed by atoms with Gasteiger partial charge in [0.15, 0.2) is 0 Å². The zero-order valence-corrected chi connectivity index (χ0v) is 7.78. The summed E-state index contributed by atoms with van der Waals surface area (Å²) in [5.74, 6) is 5.71. The third-order valence-corrected chi connectivity index (χ3v) is 2.15. The Bertz CT molecular complexity index is 324. The first kappa shape index (κ1) is 8.43. The minimum atomic E-state index is 0.885. The summed E-state index contributed by atoms with van der Waals surface area (Å²) < 4.78 is 1.41. The molecule has 0 aromatic heterocycles. The largest absolute Gasteiger partial charge is 0.295 e. The van der Waals surface area contributed by atoms with E-state index >= 15 is 0 Å². The van der Waals surface area contributed by atoms with Crippen molar-refractivity contribution < 1.29 is 0 Å². The Hall–Kier alpha value is -1.17. The van der Waals surface area contributed by atoms with Gasteiger partial charge in [0.2, 0.25) is 0 Å². The van der Waals surface area contributed by atoms with Crippen LogP contribution in [0.1, 0.15) is 5.56 Å². The van der Waals surface area contributed by atoms with E-state index in [-0.39, 0.29) is 0 Å². The van der Waals surface area contributed by atoms with Crippen LogP contribution in [-0.4, -0.2) is 9.64 Å². The van der Waals surface area contributed by atoms with Gasteiger partial charge in [0, 0.05) is 11.8 Å². The van der Waals surface area contributed by atoms with Crippen molar-refractivity contribution in [1.82, 2.24) is 15.1 Å². The molecule has 0 spiro atoms. The molecule has 0 bridgehead atoms. The maximum absolute atomic E-state index is 5.71. The van der Waals surface area contributed by atoms with E-state index in [1.54, 1.807) is 6.20 Å². The Labute approximate surface area is 82.1 Å². The van der Waals surface area contributed by atoms with E-state index < -0.39 is 0 Å². The molecule has 3 N–H and O–H groups in total. The predicted octanol–water partition coefficient (Wildman–Crippen LogP) is 0.741. The molecule has 0 radical (unpaired) electrons. The van der Waals surface area contributed by atoms with Crippen LogP contribution in [0.25, 0.3) is 5.70 Å². The molecule has 4 nitrogen and oxygen atoms in total.